The summed E-state index contributed by atoms with van der Waals surface area (Å²) in [7, 11) is 0. The van der Waals surface area contributed by atoms with Crippen LogP contribution in [-0.4, -0.2) is 6.36 Å². The fourth-order valence-corrected chi connectivity index (χ4v) is 0.517. The highest BCUT2D eigenvalue weighted by Gasteiger charge is 2.31. The van der Waals surface area contributed by atoms with Gasteiger partial charge in [0.1, 0.15) is 5.76 Å². The first-order valence-corrected chi connectivity index (χ1v) is 2.94. The Balaban J connectivity index is 4.24. The van der Waals surface area contributed by atoms with Crippen molar-refractivity contribution in [1.29, 1.82) is 0 Å². The van der Waals surface area contributed by atoms with Gasteiger partial charge in [-0.2, -0.15) is 0 Å². The Hall–Kier alpha value is -0.930. The van der Waals surface area contributed by atoms with Crippen LogP contribution in [0.4, 0.5) is 13.2 Å². The molecule has 64 valence electrons. The third-order valence-corrected chi connectivity index (χ3v) is 0.909. The molecule has 0 aromatic heterocycles. The quantitative estimate of drug-likeness (QED) is 0.452. The van der Waals surface area contributed by atoms with Crippen LogP contribution in [-0.2, 0) is 4.74 Å². The number of hydrogen-bond acceptors (Lipinski definition) is 1. The smallest absolute Gasteiger partial charge is 0.406 e. The molecule has 0 aliphatic rings. The summed E-state index contributed by atoms with van der Waals surface area (Å²) in [5.74, 6) is -0.238. The standard InChI is InChI=1S/C7H9F3O/c1-4-6(5(2)3)11-7(8,9)10/h4H,2H2,1,3H3/b6-4+. The molecule has 0 aliphatic carbocycles. The van der Waals surface area contributed by atoms with E-state index in [1.165, 1.54) is 19.9 Å². The van der Waals surface area contributed by atoms with Crippen molar-refractivity contribution in [1.82, 2.24) is 0 Å². The Labute approximate surface area is 63.2 Å². The van der Waals surface area contributed by atoms with Crippen molar-refractivity contribution < 1.29 is 17.9 Å². The van der Waals surface area contributed by atoms with Gasteiger partial charge in [0, 0.05) is 0 Å². The van der Waals surface area contributed by atoms with Crippen molar-refractivity contribution in [3.63, 3.8) is 0 Å². The minimum Gasteiger partial charge on any atom is -0.406 e. The second kappa shape index (κ2) is 3.46. The molecule has 0 aromatic rings. The van der Waals surface area contributed by atoms with E-state index in [0.29, 0.717) is 0 Å². The van der Waals surface area contributed by atoms with Gasteiger partial charge in [-0.05, 0) is 25.5 Å². The first-order valence-electron chi connectivity index (χ1n) is 2.94. The molecule has 0 saturated carbocycles. The highest BCUT2D eigenvalue weighted by Crippen LogP contribution is 2.23. The maximum Gasteiger partial charge on any atom is 0.573 e. The van der Waals surface area contributed by atoms with Gasteiger partial charge in [-0.25, -0.2) is 0 Å². The Morgan fingerprint density at radius 3 is 2.00 bits per heavy atom. The summed E-state index contributed by atoms with van der Waals surface area (Å²) in [5.41, 5.74) is 0.254. The molecule has 0 unspecified atom stereocenters. The lowest BCUT2D eigenvalue weighted by Crippen LogP contribution is -2.13. The van der Waals surface area contributed by atoms with Gasteiger partial charge < -0.3 is 4.74 Å². The van der Waals surface area contributed by atoms with E-state index in [-0.39, 0.29) is 11.3 Å². The molecule has 4 heteroatoms. The zero-order valence-electron chi connectivity index (χ0n) is 6.33. The van der Waals surface area contributed by atoms with Crippen molar-refractivity contribution in [2.45, 2.75) is 20.2 Å². The van der Waals surface area contributed by atoms with Gasteiger partial charge in [-0.1, -0.05) is 6.58 Å². The number of rotatable bonds is 2. The van der Waals surface area contributed by atoms with E-state index in [1.807, 2.05) is 0 Å². The maximum atomic E-state index is 11.5. The molecule has 11 heavy (non-hydrogen) atoms. The molecule has 0 fully saturated rings. The van der Waals surface area contributed by atoms with E-state index in [9.17, 15) is 13.2 Å². The van der Waals surface area contributed by atoms with Gasteiger partial charge in [-0.15, -0.1) is 13.2 Å². The number of allylic oxidation sites excluding steroid dienone is 2. The van der Waals surface area contributed by atoms with Crippen LogP contribution in [0.2, 0.25) is 0 Å². The number of alkyl halides is 3. The largest absolute Gasteiger partial charge is 0.573 e. The highest BCUT2D eigenvalue weighted by atomic mass is 19.4. The second-order valence-electron chi connectivity index (χ2n) is 1.98. The van der Waals surface area contributed by atoms with Crippen LogP contribution in [0.5, 0.6) is 0 Å². The molecule has 0 aromatic carbocycles. The second-order valence-corrected chi connectivity index (χ2v) is 1.98. The van der Waals surface area contributed by atoms with Crippen molar-refractivity contribution in [2.75, 3.05) is 0 Å². The summed E-state index contributed by atoms with van der Waals surface area (Å²) >= 11 is 0. The molecule has 0 N–H and O–H groups in total. The summed E-state index contributed by atoms with van der Waals surface area (Å²) in [6.45, 7) is 6.22. The first kappa shape index (κ1) is 10.1. The lowest BCUT2D eigenvalue weighted by Gasteiger charge is -2.11. The van der Waals surface area contributed by atoms with E-state index in [1.54, 1.807) is 0 Å². The molecule has 0 radical (unpaired) electrons. The van der Waals surface area contributed by atoms with Gasteiger partial charge >= 0.3 is 6.36 Å². The zero-order chi connectivity index (χ0) is 9.07. The van der Waals surface area contributed by atoms with E-state index < -0.39 is 6.36 Å². The molecule has 0 aliphatic heterocycles. The van der Waals surface area contributed by atoms with Gasteiger partial charge in [0.05, 0.1) is 0 Å². The average Bonchev–Trinajstić information content (AvgIpc) is 1.80. The van der Waals surface area contributed by atoms with E-state index >= 15 is 0 Å². The average molecular weight is 166 g/mol. The van der Waals surface area contributed by atoms with Gasteiger partial charge in [0.15, 0.2) is 0 Å². The Kier molecular flexibility index (Phi) is 3.17. The van der Waals surface area contributed by atoms with Crippen LogP contribution in [0.15, 0.2) is 24.0 Å². The van der Waals surface area contributed by atoms with Crippen LogP contribution in [0, 0.1) is 0 Å². The minimum absolute atomic E-state index is 0.238. The molecule has 0 atom stereocenters. The summed E-state index contributed by atoms with van der Waals surface area (Å²) < 4.78 is 38.3. The highest BCUT2D eigenvalue weighted by molar-refractivity contribution is 5.19. The Bertz CT molecular complexity index is 179. The van der Waals surface area contributed by atoms with E-state index in [4.69, 9.17) is 0 Å². The molecule has 0 heterocycles. The lowest BCUT2D eigenvalue weighted by molar-refractivity contribution is -0.304. The summed E-state index contributed by atoms with van der Waals surface area (Å²) in [6.07, 6.45) is -3.41. The van der Waals surface area contributed by atoms with Gasteiger partial charge in [-0.3, -0.25) is 0 Å². The molecule has 0 spiro atoms. The van der Waals surface area contributed by atoms with Crippen molar-refractivity contribution >= 4 is 0 Å². The number of halogens is 3. The number of hydrogen-bond donors (Lipinski definition) is 0. The Morgan fingerprint density at radius 1 is 1.45 bits per heavy atom. The molecule has 1 nitrogen and oxygen atoms in total. The molecule has 0 saturated heterocycles. The predicted molar refractivity (Wildman–Crippen MR) is 35.7 cm³/mol. The normalized spacial score (nSPS) is 13.0. The fourth-order valence-electron chi connectivity index (χ4n) is 0.517. The van der Waals surface area contributed by atoms with E-state index in [0.717, 1.165) is 0 Å². The SMILES string of the molecule is C=C(C)/C(=C\C)OC(F)(F)F. The molecular formula is C7H9F3O. The van der Waals surface area contributed by atoms with Crippen molar-refractivity contribution in [3.05, 3.63) is 24.0 Å². The predicted octanol–water partition coefficient (Wildman–Crippen LogP) is 3.00. The van der Waals surface area contributed by atoms with Crippen LogP contribution >= 0.6 is 0 Å². The third kappa shape index (κ3) is 4.47. The summed E-state index contributed by atoms with van der Waals surface area (Å²) in [5, 5.41) is 0. The van der Waals surface area contributed by atoms with E-state index in [2.05, 4.69) is 11.3 Å². The topological polar surface area (TPSA) is 9.23 Å². The number of ether oxygens (including phenoxy) is 1. The summed E-state index contributed by atoms with van der Waals surface area (Å²) in [6, 6.07) is 0. The van der Waals surface area contributed by atoms with Gasteiger partial charge in [0.25, 0.3) is 0 Å². The van der Waals surface area contributed by atoms with Crippen molar-refractivity contribution in [2.24, 2.45) is 0 Å². The lowest BCUT2D eigenvalue weighted by atomic mass is 10.3. The fraction of sp³-hybridized carbons (Fsp3) is 0.429. The van der Waals surface area contributed by atoms with Crippen molar-refractivity contribution in [3.8, 4) is 0 Å². The van der Waals surface area contributed by atoms with Crippen LogP contribution in [0.25, 0.3) is 0 Å². The summed E-state index contributed by atoms with van der Waals surface area (Å²) in [4.78, 5) is 0. The van der Waals surface area contributed by atoms with Crippen LogP contribution < -0.4 is 0 Å². The minimum atomic E-state index is -4.62. The first-order chi connectivity index (χ1) is 4.87. The molecule has 0 amide bonds. The molecular weight excluding hydrogens is 157 g/mol. The van der Waals surface area contributed by atoms with Crippen LogP contribution in [0.3, 0.4) is 0 Å². The third-order valence-electron chi connectivity index (χ3n) is 0.909. The molecule has 0 rings (SSSR count). The molecule has 0 bridgehead atoms. The van der Waals surface area contributed by atoms with Crippen LogP contribution in [0.1, 0.15) is 13.8 Å². The monoisotopic (exact) mass is 166 g/mol. The van der Waals surface area contributed by atoms with Gasteiger partial charge in [0.2, 0.25) is 0 Å². The Morgan fingerprint density at radius 2 is 1.91 bits per heavy atom. The zero-order valence-corrected chi connectivity index (χ0v) is 6.33. The maximum absolute atomic E-state index is 11.5.